The Balaban J connectivity index is 2.12. The van der Waals surface area contributed by atoms with Gasteiger partial charge in [0.2, 0.25) is 0 Å². The molecule has 2 aromatic rings. The standard InChI is InChI=1S/C14H19ClN2S/c1-14(2,3)8-10(16)7-13-17-11-6-9(15)4-5-12(11)18-13/h4-6,10H,7-8,16H2,1-3H3. The van der Waals surface area contributed by atoms with Gasteiger partial charge in [-0.1, -0.05) is 32.4 Å². The number of rotatable bonds is 3. The molecule has 0 amide bonds. The van der Waals surface area contributed by atoms with Crippen LogP contribution in [0.1, 0.15) is 32.2 Å². The van der Waals surface area contributed by atoms with Gasteiger partial charge in [0.15, 0.2) is 0 Å². The van der Waals surface area contributed by atoms with Crippen molar-refractivity contribution in [2.24, 2.45) is 11.1 Å². The van der Waals surface area contributed by atoms with Crippen molar-refractivity contribution < 1.29 is 0 Å². The number of hydrogen-bond acceptors (Lipinski definition) is 3. The highest BCUT2D eigenvalue weighted by atomic mass is 35.5. The van der Waals surface area contributed by atoms with Gasteiger partial charge in [-0.2, -0.15) is 0 Å². The molecule has 1 heterocycles. The SMILES string of the molecule is CC(C)(C)CC(N)Cc1nc2cc(Cl)ccc2s1. The van der Waals surface area contributed by atoms with E-state index in [1.807, 2.05) is 18.2 Å². The third-order valence-electron chi connectivity index (χ3n) is 2.71. The van der Waals surface area contributed by atoms with Gasteiger partial charge in [-0.15, -0.1) is 11.3 Å². The van der Waals surface area contributed by atoms with Gasteiger partial charge >= 0.3 is 0 Å². The Labute approximate surface area is 117 Å². The maximum absolute atomic E-state index is 6.18. The second-order valence-corrected chi connectivity index (χ2v) is 7.50. The Bertz CT molecular complexity index is 542. The molecule has 0 aliphatic carbocycles. The minimum absolute atomic E-state index is 0.168. The van der Waals surface area contributed by atoms with Crippen LogP contribution in [0.2, 0.25) is 5.02 Å². The van der Waals surface area contributed by atoms with E-state index in [2.05, 4.69) is 25.8 Å². The number of benzene rings is 1. The molecule has 0 saturated heterocycles. The first-order valence-corrected chi connectivity index (χ1v) is 7.33. The zero-order valence-corrected chi connectivity index (χ0v) is 12.6. The van der Waals surface area contributed by atoms with Crippen LogP contribution in [0, 0.1) is 5.41 Å². The van der Waals surface area contributed by atoms with Gasteiger partial charge in [0.25, 0.3) is 0 Å². The van der Waals surface area contributed by atoms with Crippen LogP contribution in [-0.4, -0.2) is 11.0 Å². The van der Waals surface area contributed by atoms with Gasteiger partial charge in [-0.25, -0.2) is 4.98 Å². The molecule has 0 aliphatic heterocycles. The quantitative estimate of drug-likeness (QED) is 0.914. The van der Waals surface area contributed by atoms with Crippen molar-refractivity contribution in [2.45, 2.75) is 39.7 Å². The van der Waals surface area contributed by atoms with Gasteiger partial charge in [-0.05, 0) is 30.0 Å². The summed E-state index contributed by atoms with van der Waals surface area (Å²) in [4.78, 5) is 4.60. The van der Waals surface area contributed by atoms with Crippen molar-refractivity contribution in [3.63, 3.8) is 0 Å². The maximum atomic E-state index is 6.18. The van der Waals surface area contributed by atoms with E-state index in [9.17, 15) is 0 Å². The Morgan fingerprint density at radius 2 is 2.11 bits per heavy atom. The highest BCUT2D eigenvalue weighted by Gasteiger charge is 2.17. The first-order valence-electron chi connectivity index (χ1n) is 6.14. The predicted molar refractivity (Wildman–Crippen MR) is 80.4 cm³/mol. The number of hydrogen-bond donors (Lipinski definition) is 1. The summed E-state index contributed by atoms with van der Waals surface area (Å²) in [6.07, 6.45) is 1.85. The molecule has 1 aromatic carbocycles. The van der Waals surface area contributed by atoms with Gasteiger partial charge in [0.1, 0.15) is 0 Å². The Kier molecular flexibility index (Phi) is 3.95. The summed E-state index contributed by atoms with van der Waals surface area (Å²) in [5, 5.41) is 1.84. The molecule has 1 atom stereocenters. The lowest BCUT2D eigenvalue weighted by atomic mass is 9.87. The van der Waals surface area contributed by atoms with E-state index in [1.54, 1.807) is 11.3 Å². The number of nitrogens with zero attached hydrogens (tertiary/aromatic N) is 1. The van der Waals surface area contributed by atoms with Crippen molar-refractivity contribution in [1.82, 2.24) is 4.98 Å². The molecule has 4 heteroatoms. The average Bonchev–Trinajstić information content (AvgIpc) is 2.55. The van der Waals surface area contributed by atoms with Crippen molar-refractivity contribution in [3.8, 4) is 0 Å². The molecule has 2 nitrogen and oxygen atoms in total. The molecule has 1 unspecified atom stereocenters. The average molecular weight is 283 g/mol. The predicted octanol–water partition coefficient (Wildman–Crippen LogP) is 4.26. The number of nitrogens with two attached hydrogens (primary N) is 1. The molecule has 2 rings (SSSR count). The Morgan fingerprint density at radius 1 is 1.39 bits per heavy atom. The second kappa shape index (κ2) is 5.16. The molecule has 2 N–H and O–H groups in total. The van der Waals surface area contributed by atoms with Crippen molar-refractivity contribution >= 4 is 33.2 Å². The second-order valence-electron chi connectivity index (χ2n) is 5.95. The van der Waals surface area contributed by atoms with Crippen molar-refractivity contribution in [1.29, 1.82) is 0 Å². The van der Waals surface area contributed by atoms with Crippen LogP contribution in [0.15, 0.2) is 18.2 Å². The summed E-state index contributed by atoms with van der Waals surface area (Å²) in [5.74, 6) is 0. The zero-order valence-electron chi connectivity index (χ0n) is 11.0. The summed E-state index contributed by atoms with van der Waals surface area (Å²) in [6, 6.07) is 6.00. The van der Waals surface area contributed by atoms with E-state index in [0.29, 0.717) is 0 Å². The first kappa shape index (κ1) is 13.8. The molecule has 0 aliphatic rings. The fourth-order valence-electron chi connectivity index (χ4n) is 2.12. The topological polar surface area (TPSA) is 38.9 Å². The lowest BCUT2D eigenvalue weighted by Gasteiger charge is -2.22. The molecule has 0 radical (unpaired) electrons. The van der Waals surface area contributed by atoms with Crippen LogP contribution in [-0.2, 0) is 6.42 Å². The third kappa shape index (κ3) is 3.67. The number of aromatic nitrogens is 1. The summed E-state index contributed by atoms with van der Waals surface area (Å²) in [7, 11) is 0. The lowest BCUT2D eigenvalue weighted by molar-refractivity contribution is 0.338. The van der Waals surface area contributed by atoms with Crippen LogP contribution >= 0.6 is 22.9 Å². The van der Waals surface area contributed by atoms with Crippen molar-refractivity contribution in [2.75, 3.05) is 0 Å². The summed E-state index contributed by atoms with van der Waals surface area (Å²) >= 11 is 7.67. The van der Waals surface area contributed by atoms with Gasteiger partial charge in [-0.3, -0.25) is 0 Å². The van der Waals surface area contributed by atoms with E-state index in [0.717, 1.165) is 28.4 Å². The summed E-state index contributed by atoms with van der Waals surface area (Å²) < 4.78 is 1.18. The van der Waals surface area contributed by atoms with Crippen LogP contribution in [0.3, 0.4) is 0 Å². The van der Waals surface area contributed by atoms with Gasteiger partial charge in [0.05, 0.1) is 15.2 Å². The lowest BCUT2D eigenvalue weighted by Crippen LogP contribution is -2.28. The van der Waals surface area contributed by atoms with Crippen LogP contribution in [0.5, 0.6) is 0 Å². The number of halogens is 1. The molecule has 18 heavy (non-hydrogen) atoms. The molecule has 98 valence electrons. The Hall–Kier alpha value is -0.640. The molecule has 0 spiro atoms. The smallest absolute Gasteiger partial charge is 0.0954 e. The number of thiazole rings is 1. The monoisotopic (exact) mass is 282 g/mol. The van der Waals surface area contributed by atoms with Crippen LogP contribution < -0.4 is 5.73 Å². The first-order chi connectivity index (χ1) is 8.33. The molecule has 0 bridgehead atoms. The van der Waals surface area contributed by atoms with E-state index in [4.69, 9.17) is 17.3 Å². The fraction of sp³-hybridized carbons (Fsp3) is 0.500. The minimum Gasteiger partial charge on any atom is -0.327 e. The van der Waals surface area contributed by atoms with E-state index in [1.165, 1.54) is 4.70 Å². The normalized spacial score (nSPS) is 14.1. The van der Waals surface area contributed by atoms with Crippen LogP contribution in [0.25, 0.3) is 10.2 Å². The molecular formula is C14H19ClN2S. The van der Waals surface area contributed by atoms with Gasteiger partial charge in [0, 0.05) is 17.5 Å². The molecular weight excluding hydrogens is 264 g/mol. The highest BCUT2D eigenvalue weighted by Crippen LogP contribution is 2.27. The van der Waals surface area contributed by atoms with Crippen LogP contribution in [0.4, 0.5) is 0 Å². The van der Waals surface area contributed by atoms with Gasteiger partial charge < -0.3 is 5.73 Å². The number of fused-ring (bicyclic) bond motifs is 1. The maximum Gasteiger partial charge on any atom is 0.0954 e. The summed E-state index contributed by atoms with van der Waals surface area (Å²) in [5.41, 5.74) is 7.42. The van der Waals surface area contributed by atoms with E-state index < -0.39 is 0 Å². The summed E-state index contributed by atoms with van der Waals surface area (Å²) in [6.45, 7) is 6.64. The highest BCUT2D eigenvalue weighted by molar-refractivity contribution is 7.18. The fourth-order valence-corrected chi connectivity index (χ4v) is 3.33. The largest absolute Gasteiger partial charge is 0.327 e. The Morgan fingerprint density at radius 3 is 2.78 bits per heavy atom. The van der Waals surface area contributed by atoms with E-state index >= 15 is 0 Å². The zero-order chi connectivity index (χ0) is 13.3. The minimum atomic E-state index is 0.168. The van der Waals surface area contributed by atoms with E-state index in [-0.39, 0.29) is 11.5 Å². The molecule has 0 saturated carbocycles. The molecule has 1 aromatic heterocycles. The third-order valence-corrected chi connectivity index (χ3v) is 4.00. The molecule has 0 fully saturated rings. The van der Waals surface area contributed by atoms with Crippen molar-refractivity contribution in [3.05, 3.63) is 28.2 Å².